The number of benzene rings is 2. The minimum Gasteiger partial charge on any atom is -0.345 e. The first kappa shape index (κ1) is 22.7. The van der Waals surface area contributed by atoms with Crippen molar-refractivity contribution in [3.8, 4) is 0 Å². The van der Waals surface area contributed by atoms with E-state index in [9.17, 15) is 0 Å². The highest BCUT2D eigenvalue weighted by Crippen LogP contribution is 2.52. The second kappa shape index (κ2) is 7.54. The zero-order chi connectivity index (χ0) is 23.5. The van der Waals surface area contributed by atoms with Crippen LogP contribution in [-0.4, -0.2) is 12.1 Å². The molecule has 0 saturated heterocycles. The molecule has 170 valence electrons. The van der Waals surface area contributed by atoms with E-state index >= 15 is 0 Å². The van der Waals surface area contributed by atoms with Crippen LogP contribution in [0.25, 0.3) is 0 Å². The highest BCUT2D eigenvalue weighted by atomic mass is 15.2. The Bertz CT molecular complexity index is 1070. The van der Waals surface area contributed by atoms with Gasteiger partial charge in [-0.15, -0.1) is 0 Å². The third kappa shape index (κ3) is 3.31. The molecule has 2 aliphatic heterocycles. The first-order valence-electron chi connectivity index (χ1n) is 12.0. The lowest BCUT2D eigenvalue weighted by Crippen LogP contribution is -2.48. The maximum Gasteiger partial charge on any atom is 0.0480 e. The third-order valence-corrected chi connectivity index (χ3v) is 9.12. The summed E-state index contributed by atoms with van der Waals surface area (Å²) in [4.78, 5) is 5.02. The SMILES string of the molecule is CC1=C(C)C(C)(Cc2ccc(N3C(C)=C(C)C(C)(C)C3(C)C)cc2)CN1c1ccccc1. The van der Waals surface area contributed by atoms with Crippen molar-refractivity contribution in [3.63, 3.8) is 0 Å². The quantitative estimate of drug-likeness (QED) is 0.487. The van der Waals surface area contributed by atoms with Crippen molar-refractivity contribution >= 4 is 11.4 Å². The number of para-hydroxylation sites is 1. The second-order valence-corrected chi connectivity index (χ2v) is 11.3. The van der Waals surface area contributed by atoms with Gasteiger partial charge in [-0.3, -0.25) is 0 Å². The van der Waals surface area contributed by atoms with Crippen molar-refractivity contribution in [1.82, 2.24) is 0 Å². The molecule has 0 fully saturated rings. The van der Waals surface area contributed by atoms with Crippen LogP contribution in [0.15, 0.2) is 77.1 Å². The minimum atomic E-state index is 0.0484. The Morgan fingerprint density at radius 2 is 1.28 bits per heavy atom. The molecule has 2 aromatic rings. The molecule has 0 amide bonds. The van der Waals surface area contributed by atoms with E-state index < -0.39 is 0 Å². The maximum atomic E-state index is 2.54. The largest absolute Gasteiger partial charge is 0.345 e. The van der Waals surface area contributed by atoms with Gasteiger partial charge in [0.05, 0.1) is 0 Å². The Hall–Kier alpha value is -2.48. The molecule has 4 rings (SSSR count). The van der Waals surface area contributed by atoms with Gasteiger partial charge in [0.1, 0.15) is 0 Å². The van der Waals surface area contributed by atoms with Gasteiger partial charge in [0, 0.05) is 45.7 Å². The number of anilines is 2. The van der Waals surface area contributed by atoms with Crippen LogP contribution in [-0.2, 0) is 6.42 Å². The highest BCUT2D eigenvalue weighted by Gasteiger charge is 2.49. The average molecular weight is 429 g/mol. The van der Waals surface area contributed by atoms with E-state index in [2.05, 4.69) is 127 Å². The molecule has 0 radical (unpaired) electrons. The molecule has 0 N–H and O–H groups in total. The lowest BCUT2D eigenvalue weighted by molar-refractivity contribution is 0.274. The number of hydrogen-bond donors (Lipinski definition) is 0. The summed E-state index contributed by atoms with van der Waals surface area (Å²) in [6, 6.07) is 20.1. The van der Waals surface area contributed by atoms with E-state index in [0.29, 0.717) is 0 Å². The van der Waals surface area contributed by atoms with Gasteiger partial charge in [0.15, 0.2) is 0 Å². The molecular weight excluding hydrogens is 388 g/mol. The third-order valence-electron chi connectivity index (χ3n) is 9.12. The van der Waals surface area contributed by atoms with Crippen LogP contribution in [0.1, 0.15) is 67.9 Å². The molecule has 2 heteroatoms. The fraction of sp³-hybridized carbons (Fsp3) is 0.467. The summed E-state index contributed by atoms with van der Waals surface area (Å²) in [5, 5.41) is 0. The summed E-state index contributed by atoms with van der Waals surface area (Å²) in [6.07, 6.45) is 1.06. The van der Waals surface area contributed by atoms with Crippen LogP contribution < -0.4 is 9.80 Å². The van der Waals surface area contributed by atoms with Crippen molar-refractivity contribution in [3.05, 3.63) is 82.7 Å². The molecule has 0 spiro atoms. The standard InChI is InChI=1S/C30H40N2/c1-21-24(4)32(29(7,8)28(21,5)6)27-17-15-25(16-18-27)19-30(9)20-31(23(3)22(30)2)26-13-11-10-12-14-26/h10-18H,19-20H2,1-9H3. The van der Waals surface area contributed by atoms with Crippen LogP contribution in [0, 0.1) is 10.8 Å². The van der Waals surface area contributed by atoms with Crippen molar-refractivity contribution < 1.29 is 0 Å². The Morgan fingerprint density at radius 3 is 1.81 bits per heavy atom. The molecule has 2 heterocycles. The highest BCUT2D eigenvalue weighted by molar-refractivity contribution is 5.61. The zero-order valence-electron chi connectivity index (χ0n) is 21.5. The number of rotatable bonds is 4. The number of nitrogens with zero attached hydrogens (tertiary/aromatic N) is 2. The average Bonchev–Trinajstić information content (AvgIpc) is 3.05. The molecule has 0 aliphatic carbocycles. The van der Waals surface area contributed by atoms with Crippen molar-refractivity contribution in [2.45, 2.75) is 74.3 Å². The van der Waals surface area contributed by atoms with Crippen LogP contribution in [0.5, 0.6) is 0 Å². The Balaban J connectivity index is 1.57. The first-order chi connectivity index (χ1) is 14.9. The minimum absolute atomic E-state index is 0.0484. The fourth-order valence-corrected chi connectivity index (χ4v) is 5.81. The summed E-state index contributed by atoms with van der Waals surface area (Å²) in [6.45, 7) is 22.1. The molecule has 0 bridgehead atoms. The molecule has 1 unspecified atom stereocenters. The molecule has 2 aliphatic rings. The van der Waals surface area contributed by atoms with E-state index in [1.807, 2.05) is 0 Å². The normalized spacial score (nSPS) is 24.7. The summed E-state index contributed by atoms with van der Waals surface area (Å²) < 4.78 is 0. The lowest BCUT2D eigenvalue weighted by atomic mass is 9.72. The van der Waals surface area contributed by atoms with Crippen molar-refractivity contribution in [2.75, 3.05) is 16.3 Å². The number of allylic oxidation sites excluding steroid dienone is 2. The van der Waals surface area contributed by atoms with Crippen LogP contribution in [0.4, 0.5) is 11.4 Å². The van der Waals surface area contributed by atoms with E-state index in [1.54, 1.807) is 0 Å². The summed E-state index contributed by atoms with van der Waals surface area (Å²) >= 11 is 0. The van der Waals surface area contributed by atoms with Crippen molar-refractivity contribution in [1.29, 1.82) is 0 Å². The molecule has 0 aromatic heterocycles. The van der Waals surface area contributed by atoms with Gasteiger partial charge >= 0.3 is 0 Å². The van der Waals surface area contributed by atoms with Gasteiger partial charge < -0.3 is 9.80 Å². The van der Waals surface area contributed by atoms with Gasteiger partial charge in [-0.1, -0.05) is 51.1 Å². The van der Waals surface area contributed by atoms with Gasteiger partial charge in [-0.05, 0) is 88.9 Å². The maximum absolute atomic E-state index is 2.54. The molecule has 1 atom stereocenters. The monoisotopic (exact) mass is 428 g/mol. The summed E-state index contributed by atoms with van der Waals surface area (Å²) in [5.74, 6) is 0. The van der Waals surface area contributed by atoms with E-state index in [4.69, 9.17) is 0 Å². The fourth-order valence-electron chi connectivity index (χ4n) is 5.81. The predicted octanol–water partition coefficient (Wildman–Crippen LogP) is 7.97. The van der Waals surface area contributed by atoms with E-state index in [1.165, 1.54) is 39.5 Å². The zero-order valence-corrected chi connectivity index (χ0v) is 21.5. The van der Waals surface area contributed by atoms with Gasteiger partial charge in [0.25, 0.3) is 0 Å². The summed E-state index contributed by atoms with van der Waals surface area (Å²) in [5.41, 5.74) is 10.1. The second-order valence-electron chi connectivity index (χ2n) is 11.3. The molecule has 0 saturated carbocycles. The van der Waals surface area contributed by atoms with Crippen LogP contribution >= 0.6 is 0 Å². The van der Waals surface area contributed by atoms with Crippen LogP contribution in [0.3, 0.4) is 0 Å². The van der Waals surface area contributed by atoms with Gasteiger partial charge in [0.2, 0.25) is 0 Å². The Labute approximate surface area is 195 Å². The topological polar surface area (TPSA) is 6.48 Å². The number of hydrogen-bond acceptors (Lipinski definition) is 2. The first-order valence-corrected chi connectivity index (χ1v) is 12.0. The van der Waals surface area contributed by atoms with E-state index in [-0.39, 0.29) is 16.4 Å². The lowest BCUT2D eigenvalue weighted by Gasteiger charge is -2.44. The van der Waals surface area contributed by atoms with Crippen LogP contribution in [0.2, 0.25) is 0 Å². The van der Waals surface area contributed by atoms with E-state index in [0.717, 1.165) is 13.0 Å². The van der Waals surface area contributed by atoms with Crippen molar-refractivity contribution in [2.24, 2.45) is 10.8 Å². The molecule has 32 heavy (non-hydrogen) atoms. The smallest absolute Gasteiger partial charge is 0.0480 e. The predicted molar refractivity (Wildman–Crippen MR) is 139 cm³/mol. The molecule has 2 nitrogen and oxygen atoms in total. The molecular formula is C30H40N2. The van der Waals surface area contributed by atoms with Gasteiger partial charge in [-0.2, -0.15) is 0 Å². The van der Waals surface area contributed by atoms with Gasteiger partial charge in [-0.25, -0.2) is 0 Å². The Morgan fingerprint density at radius 1 is 0.688 bits per heavy atom. The molecule has 2 aromatic carbocycles. The Kier molecular flexibility index (Phi) is 5.35. The summed E-state index contributed by atoms with van der Waals surface area (Å²) in [7, 11) is 0.